The lowest BCUT2D eigenvalue weighted by molar-refractivity contribution is -0.138. The van der Waals surface area contributed by atoms with Gasteiger partial charge in [-0.15, -0.1) is 11.8 Å². The van der Waals surface area contributed by atoms with Crippen LogP contribution >= 0.6 is 11.8 Å². The Kier molecular flexibility index (Phi) is 4.92. The van der Waals surface area contributed by atoms with Gasteiger partial charge in [-0.1, -0.05) is 6.07 Å². The van der Waals surface area contributed by atoms with Gasteiger partial charge in [0.1, 0.15) is 6.04 Å². The average molecular weight is 312 g/mol. The number of rotatable bonds is 6. The highest BCUT2D eigenvalue weighted by Gasteiger charge is 2.30. The lowest BCUT2D eigenvalue weighted by atomic mass is 10.2. The third-order valence-electron chi connectivity index (χ3n) is 2.94. The lowest BCUT2D eigenvalue weighted by Crippen LogP contribution is -2.33. The minimum absolute atomic E-state index is 0.120. The zero-order valence-corrected chi connectivity index (χ0v) is 12.2. The summed E-state index contributed by atoms with van der Waals surface area (Å²) in [6.45, 7) is -0.229. The smallest absolute Gasteiger partial charge is 0.321 e. The van der Waals surface area contributed by atoms with Crippen molar-refractivity contribution in [1.82, 2.24) is 5.32 Å². The number of hydrogen-bond acceptors (Lipinski definition) is 6. The van der Waals surface area contributed by atoms with Crippen LogP contribution in [0.25, 0.3) is 0 Å². The SMILES string of the molecule is COc1cc([C@H]2N[C@H](C(=O)O)CS2)ccc1OCC(N)=O. The highest BCUT2D eigenvalue weighted by atomic mass is 32.2. The third-order valence-corrected chi connectivity index (χ3v) is 4.21. The van der Waals surface area contributed by atoms with Gasteiger partial charge in [-0.25, -0.2) is 0 Å². The molecule has 1 saturated heterocycles. The number of hydrogen-bond donors (Lipinski definition) is 3. The molecule has 1 aromatic carbocycles. The third kappa shape index (κ3) is 3.79. The normalized spacial score (nSPS) is 21.0. The maximum atomic E-state index is 10.9. The number of thioether (sulfide) groups is 1. The molecule has 114 valence electrons. The van der Waals surface area contributed by atoms with Crippen LogP contribution in [0.1, 0.15) is 10.9 Å². The molecule has 1 aliphatic heterocycles. The van der Waals surface area contributed by atoms with Crippen molar-refractivity contribution in [2.24, 2.45) is 5.73 Å². The number of ether oxygens (including phenoxy) is 2. The molecule has 0 aromatic heterocycles. The molecule has 8 heteroatoms. The fourth-order valence-electron chi connectivity index (χ4n) is 1.92. The molecule has 0 aliphatic carbocycles. The van der Waals surface area contributed by atoms with E-state index in [1.165, 1.54) is 18.9 Å². The molecule has 0 saturated carbocycles. The Hall–Kier alpha value is -1.93. The first kappa shape index (κ1) is 15.5. The monoisotopic (exact) mass is 312 g/mol. The summed E-state index contributed by atoms with van der Waals surface area (Å²) in [4.78, 5) is 21.7. The number of carbonyl (C=O) groups excluding carboxylic acids is 1. The first-order chi connectivity index (χ1) is 10.0. The molecule has 1 aliphatic rings. The van der Waals surface area contributed by atoms with E-state index in [9.17, 15) is 9.59 Å². The fourth-order valence-corrected chi connectivity index (χ4v) is 3.15. The molecule has 1 heterocycles. The number of carboxylic acids is 1. The predicted octanol–water partition coefficient (Wildman–Crippen LogP) is 0.347. The Morgan fingerprint density at radius 1 is 1.48 bits per heavy atom. The van der Waals surface area contributed by atoms with Crippen LogP contribution < -0.4 is 20.5 Å². The molecule has 4 N–H and O–H groups in total. The molecular formula is C13H16N2O5S. The first-order valence-electron chi connectivity index (χ1n) is 6.20. The van der Waals surface area contributed by atoms with Crippen molar-refractivity contribution >= 4 is 23.6 Å². The van der Waals surface area contributed by atoms with E-state index >= 15 is 0 Å². The summed E-state index contributed by atoms with van der Waals surface area (Å²) in [5.41, 5.74) is 5.91. The van der Waals surface area contributed by atoms with Crippen molar-refractivity contribution in [2.75, 3.05) is 19.5 Å². The molecular weight excluding hydrogens is 296 g/mol. The summed E-state index contributed by atoms with van der Waals surface area (Å²) < 4.78 is 10.5. The average Bonchev–Trinajstić information content (AvgIpc) is 2.94. The van der Waals surface area contributed by atoms with Crippen molar-refractivity contribution in [1.29, 1.82) is 0 Å². The van der Waals surface area contributed by atoms with Crippen LogP contribution in [-0.2, 0) is 9.59 Å². The number of carboxylic acid groups (broad SMARTS) is 1. The minimum atomic E-state index is -0.863. The van der Waals surface area contributed by atoms with E-state index in [-0.39, 0.29) is 12.0 Å². The number of nitrogens with two attached hydrogens (primary N) is 1. The van der Waals surface area contributed by atoms with Crippen molar-refractivity contribution in [3.8, 4) is 11.5 Å². The quantitative estimate of drug-likeness (QED) is 0.695. The maximum Gasteiger partial charge on any atom is 0.321 e. The largest absolute Gasteiger partial charge is 0.493 e. The van der Waals surface area contributed by atoms with E-state index in [1.807, 2.05) is 0 Å². The Morgan fingerprint density at radius 2 is 2.24 bits per heavy atom. The second-order valence-electron chi connectivity index (χ2n) is 4.44. The number of carbonyl (C=O) groups is 2. The van der Waals surface area contributed by atoms with Gasteiger partial charge in [0.2, 0.25) is 0 Å². The lowest BCUT2D eigenvalue weighted by Gasteiger charge is -2.15. The summed E-state index contributed by atoms with van der Waals surface area (Å²) >= 11 is 1.51. The Labute approximate surface area is 125 Å². The Morgan fingerprint density at radius 3 is 2.81 bits per heavy atom. The van der Waals surface area contributed by atoms with Crippen LogP contribution in [-0.4, -0.2) is 42.5 Å². The van der Waals surface area contributed by atoms with Crippen LogP contribution in [0.15, 0.2) is 18.2 Å². The minimum Gasteiger partial charge on any atom is -0.493 e. The number of benzene rings is 1. The molecule has 1 fully saturated rings. The Bertz CT molecular complexity index is 551. The molecule has 1 amide bonds. The summed E-state index contributed by atoms with van der Waals surface area (Å²) in [6.07, 6.45) is 0. The van der Waals surface area contributed by atoms with Crippen molar-refractivity contribution < 1.29 is 24.2 Å². The van der Waals surface area contributed by atoms with E-state index in [4.69, 9.17) is 20.3 Å². The van der Waals surface area contributed by atoms with Crippen LogP contribution in [0, 0.1) is 0 Å². The Balaban J connectivity index is 2.12. The van der Waals surface area contributed by atoms with Gasteiger partial charge in [-0.3, -0.25) is 14.9 Å². The van der Waals surface area contributed by atoms with Gasteiger partial charge in [-0.05, 0) is 17.7 Å². The molecule has 7 nitrogen and oxygen atoms in total. The number of methoxy groups -OCH3 is 1. The van der Waals surface area contributed by atoms with E-state index in [2.05, 4.69) is 5.32 Å². The molecule has 1 aromatic rings. The highest BCUT2D eigenvalue weighted by Crippen LogP contribution is 2.37. The van der Waals surface area contributed by atoms with Crippen molar-refractivity contribution in [3.63, 3.8) is 0 Å². The van der Waals surface area contributed by atoms with Crippen molar-refractivity contribution in [3.05, 3.63) is 23.8 Å². The highest BCUT2D eigenvalue weighted by molar-refractivity contribution is 7.99. The molecule has 0 spiro atoms. The van der Waals surface area contributed by atoms with Gasteiger partial charge >= 0.3 is 5.97 Å². The summed E-state index contributed by atoms with van der Waals surface area (Å²) in [5.74, 6) is -0.0491. The van der Waals surface area contributed by atoms with Crippen LogP contribution in [0.2, 0.25) is 0 Å². The first-order valence-corrected chi connectivity index (χ1v) is 7.25. The summed E-state index contributed by atoms with van der Waals surface area (Å²) in [7, 11) is 1.49. The van der Waals surface area contributed by atoms with Crippen LogP contribution in [0.5, 0.6) is 11.5 Å². The maximum absolute atomic E-state index is 10.9. The molecule has 0 bridgehead atoms. The van der Waals surface area contributed by atoms with Gasteiger partial charge in [0.25, 0.3) is 5.91 Å². The number of amides is 1. The van der Waals surface area contributed by atoms with Gasteiger partial charge < -0.3 is 20.3 Å². The van der Waals surface area contributed by atoms with E-state index in [1.54, 1.807) is 18.2 Å². The summed E-state index contributed by atoms with van der Waals surface area (Å²) in [6, 6.07) is 4.67. The van der Waals surface area contributed by atoms with Gasteiger partial charge in [0, 0.05) is 5.75 Å². The molecule has 2 rings (SSSR count). The standard InChI is InChI=1S/C13H16N2O5S/c1-19-10-4-7(2-3-9(10)20-5-11(14)16)12-15-8(6-21-12)13(17)18/h2-4,8,12,15H,5-6H2,1H3,(H2,14,16)(H,17,18)/t8-,12-/m0/s1. The van der Waals surface area contributed by atoms with Gasteiger partial charge in [0.05, 0.1) is 12.5 Å². The zero-order chi connectivity index (χ0) is 15.4. The second-order valence-corrected chi connectivity index (χ2v) is 5.57. The van der Waals surface area contributed by atoms with Gasteiger partial charge in [-0.2, -0.15) is 0 Å². The topological polar surface area (TPSA) is 111 Å². The molecule has 21 heavy (non-hydrogen) atoms. The fraction of sp³-hybridized carbons (Fsp3) is 0.385. The summed E-state index contributed by atoms with van der Waals surface area (Å²) in [5, 5.41) is 11.9. The van der Waals surface area contributed by atoms with Gasteiger partial charge in [0.15, 0.2) is 18.1 Å². The van der Waals surface area contributed by atoms with Crippen LogP contribution in [0.3, 0.4) is 0 Å². The molecule has 0 radical (unpaired) electrons. The number of aliphatic carboxylic acids is 1. The van der Waals surface area contributed by atoms with E-state index in [0.717, 1.165) is 5.56 Å². The molecule has 0 unspecified atom stereocenters. The van der Waals surface area contributed by atoms with E-state index < -0.39 is 17.9 Å². The number of primary amides is 1. The van der Waals surface area contributed by atoms with Crippen molar-refractivity contribution in [2.45, 2.75) is 11.4 Å². The predicted molar refractivity (Wildman–Crippen MR) is 77.4 cm³/mol. The number of nitrogens with one attached hydrogen (secondary N) is 1. The van der Waals surface area contributed by atoms with E-state index in [0.29, 0.717) is 17.3 Å². The second kappa shape index (κ2) is 6.68. The molecule has 2 atom stereocenters. The van der Waals surface area contributed by atoms with Crippen LogP contribution in [0.4, 0.5) is 0 Å². The zero-order valence-electron chi connectivity index (χ0n) is 11.4.